The molecule has 3 rings (SSSR count). The summed E-state index contributed by atoms with van der Waals surface area (Å²) in [6.45, 7) is 8.56. The van der Waals surface area contributed by atoms with Gasteiger partial charge >= 0.3 is 12.1 Å². The van der Waals surface area contributed by atoms with Crippen LogP contribution in [0, 0.1) is 11.8 Å². The number of carbonyl (C=O) groups excluding carboxylic acids is 3. The van der Waals surface area contributed by atoms with E-state index in [0.29, 0.717) is 18.8 Å². The average Bonchev–Trinajstić information content (AvgIpc) is 2.86. The van der Waals surface area contributed by atoms with E-state index in [4.69, 9.17) is 23.8 Å². The third-order valence-corrected chi connectivity index (χ3v) is 7.44. The Morgan fingerprint density at radius 3 is 2.34 bits per heavy atom. The molecule has 0 aliphatic carbocycles. The first-order valence-corrected chi connectivity index (χ1v) is 14.1. The number of rotatable bonds is 4. The van der Waals surface area contributed by atoms with Crippen LogP contribution in [0.4, 0.5) is 0 Å². The molecule has 2 fully saturated rings. The van der Waals surface area contributed by atoms with Gasteiger partial charge in [0.2, 0.25) is 0 Å². The molecule has 0 amide bonds. The van der Waals surface area contributed by atoms with Crippen molar-refractivity contribution in [3.63, 3.8) is 0 Å². The number of hydrogen-bond donors (Lipinski definition) is 1. The fraction of sp³-hybridized carbons (Fsp3) is 0.677. The van der Waals surface area contributed by atoms with Crippen LogP contribution in [-0.2, 0) is 28.6 Å². The van der Waals surface area contributed by atoms with E-state index in [1.165, 1.54) is 12.0 Å². The molecule has 0 saturated carbocycles. The molecule has 7 nitrogen and oxygen atoms in total. The van der Waals surface area contributed by atoms with Gasteiger partial charge in [-0.25, -0.2) is 0 Å². The smallest absolute Gasteiger partial charge is 0.373 e. The summed E-state index contributed by atoms with van der Waals surface area (Å²) in [7, 11) is 0. The Hall–Kier alpha value is -2.31. The fourth-order valence-electron chi connectivity index (χ4n) is 5.24. The quantitative estimate of drug-likeness (QED) is 0.285. The maximum Gasteiger partial charge on any atom is 0.373 e. The molecule has 0 radical (unpaired) electrons. The first-order valence-electron chi connectivity index (χ1n) is 14.1. The molecule has 38 heavy (non-hydrogen) atoms. The van der Waals surface area contributed by atoms with Crippen molar-refractivity contribution in [3.8, 4) is 0 Å². The minimum Gasteiger partial charge on any atom is -0.457 e. The largest absolute Gasteiger partial charge is 0.457 e. The van der Waals surface area contributed by atoms with E-state index in [2.05, 4.69) is 45.9 Å². The van der Waals surface area contributed by atoms with Crippen molar-refractivity contribution in [2.45, 2.75) is 122 Å². The molecule has 3 aliphatic rings. The van der Waals surface area contributed by atoms with Crippen molar-refractivity contribution in [2.24, 2.45) is 11.8 Å². The normalized spacial score (nSPS) is 36.1. The van der Waals surface area contributed by atoms with Gasteiger partial charge in [0, 0.05) is 12.3 Å². The molecule has 212 valence electrons. The first-order chi connectivity index (χ1) is 18.2. The van der Waals surface area contributed by atoms with Gasteiger partial charge in [0.15, 0.2) is 0 Å². The molecule has 3 heterocycles. The molecule has 2 saturated heterocycles. The van der Waals surface area contributed by atoms with Gasteiger partial charge in [-0.15, -0.1) is 0 Å². The summed E-state index contributed by atoms with van der Waals surface area (Å²) in [4.78, 5) is 29.1. The number of hydrogen-bond acceptors (Lipinski definition) is 7. The Bertz CT molecular complexity index is 867. The predicted octanol–water partition coefficient (Wildman–Crippen LogP) is 5.64. The minimum absolute atomic E-state index is 0.0394. The lowest BCUT2D eigenvalue weighted by Crippen LogP contribution is -2.40. The summed E-state index contributed by atoms with van der Waals surface area (Å²) in [5.41, 5.74) is 1.32. The number of esters is 1. The SMILES string of the molecule is CC/C(C)=C/C=C\C=C\C1OC(=O)CC2C[C@H](O)C[C@H](CC3CCC[C@H](C[C@@H](C)/C=C/[C@@H]1C)O3)O2.O=C=O. The van der Waals surface area contributed by atoms with Gasteiger partial charge in [0.05, 0.1) is 36.9 Å². The molecule has 0 spiro atoms. The maximum absolute atomic E-state index is 12.9. The lowest BCUT2D eigenvalue weighted by Gasteiger charge is -2.37. The monoisotopic (exact) mass is 530 g/mol. The van der Waals surface area contributed by atoms with Gasteiger partial charge in [-0.1, -0.05) is 62.8 Å². The predicted molar refractivity (Wildman–Crippen MR) is 145 cm³/mol. The summed E-state index contributed by atoms with van der Waals surface area (Å²) in [5.74, 6) is 0.142. The molecule has 8 atom stereocenters. The molecule has 1 N–H and O–H groups in total. The topological polar surface area (TPSA) is 99.1 Å². The highest BCUT2D eigenvalue weighted by Crippen LogP contribution is 2.31. The second-order valence-corrected chi connectivity index (χ2v) is 10.9. The van der Waals surface area contributed by atoms with Crippen molar-refractivity contribution < 1.29 is 33.7 Å². The number of aliphatic hydroxyl groups is 1. The Morgan fingerprint density at radius 1 is 0.974 bits per heavy atom. The second-order valence-electron chi connectivity index (χ2n) is 10.9. The number of fused-ring (bicyclic) bond motifs is 4. The van der Waals surface area contributed by atoms with E-state index >= 15 is 0 Å². The van der Waals surface area contributed by atoms with Crippen molar-refractivity contribution in [1.29, 1.82) is 0 Å². The summed E-state index contributed by atoms with van der Waals surface area (Å²) in [6, 6.07) is 0. The minimum atomic E-state index is -0.452. The molecular formula is C31H46O7. The zero-order valence-corrected chi connectivity index (χ0v) is 23.4. The Balaban J connectivity index is 0.00000161. The van der Waals surface area contributed by atoms with Crippen LogP contribution >= 0.6 is 0 Å². The van der Waals surface area contributed by atoms with Crippen molar-refractivity contribution in [3.05, 3.63) is 48.1 Å². The number of allylic oxidation sites excluding steroid dienone is 6. The van der Waals surface area contributed by atoms with Crippen molar-refractivity contribution in [1.82, 2.24) is 0 Å². The third kappa shape index (κ3) is 12.0. The number of aliphatic hydroxyl groups excluding tert-OH is 1. The van der Waals surface area contributed by atoms with Gasteiger partial charge in [0.1, 0.15) is 6.10 Å². The lowest BCUT2D eigenvalue weighted by molar-refractivity contribution is -0.191. The highest BCUT2D eigenvalue weighted by atomic mass is 16.6. The number of carbonyl (C=O) groups is 1. The van der Waals surface area contributed by atoms with Crippen LogP contribution in [0.25, 0.3) is 0 Å². The van der Waals surface area contributed by atoms with Gasteiger partial charge in [-0.2, -0.15) is 9.59 Å². The maximum atomic E-state index is 12.9. The third-order valence-electron chi connectivity index (χ3n) is 7.44. The van der Waals surface area contributed by atoms with E-state index in [1.807, 2.05) is 24.3 Å². The Morgan fingerprint density at radius 2 is 1.63 bits per heavy atom. The molecule has 3 unspecified atom stereocenters. The molecule has 0 aromatic heterocycles. The highest BCUT2D eigenvalue weighted by molar-refractivity contribution is 5.70. The number of ether oxygens (including phenoxy) is 3. The standard InChI is InChI=1S/C30H46O5.CO2/c1-5-21(2)10-7-6-8-13-29-23(4)15-14-22(3)16-25-11-9-12-26(33-25)19-27-17-24(31)18-28(34-27)20-30(32)35-29;2-1-3/h6-8,10,13-15,22-29,31H,5,9,11-12,16-20H2,1-4H3;/b7-6-,13-8+,15-14+,21-10+;/t22-,23-,24+,25+,26?,27+,28?,29?;/m0./s1. The molecule has 7 heteroatoms. The average molecular weight is 531 g/mol. The summed E-state index contributed by atoms with van der Waals surface area (Å²) in [6.07, 6.45) is 21.2. The molecule has 0 aromatic carbocycles. The van der Waals surface area contributed by atoms with E-state index in [9.17, 15) is 9.90 Å². The van der Waals surface area contributed by atoms with Crippen LogP contribution in [0.5, 0.6) is 0 Å². The Kier molecular flexibility index (Phi) is 14.5. The molecular weight excluding hydrogens is 484 g/mol. The molecule has 3 aliphatic heterocycles. The summed E-state index contributed by atoms with van der Waals surface area (Å²) >= 11 is 0. The van der Waals surface area contributed by atoms with Crippen molar-refractivity contribution >= 4 is 12.1 Å². The van der Waals surface area contributed by atoms with Crippen LogP contribution in [-0.4, -0.2) is 53.9 Å². The van der Waals surface area contributed by atoms with E-state index < -0.39 is 6.10 Å². The van der Waals surface area contributed by atoms with Gasteiger partial charge in [-0.3, -0.25) is 4.79 Å². The van der Waals surface area contributed by atoms with Crippen LogP contribution in [0.1, 0.15) is 85.5 Å². The van der Waals surface area contributed by atoms with E-state index in [0.717, 1.165) is 32.1 Å². The molecule has 0 aromatic rings. The highest BCUT2D eigenvalue weighted by Gasteiger charge is 2.34. The Labute approximate surface area is 228 Å². The first kappa shape index (κ1) is 31.9. The number of cyclic esters (lactones) is 1. The lowest BCUT2D eigenvalue weighted by atomic mass is 9.90. The summed E-state index contributed by atoms with van der Waals surface area (Å²) in [5, 5.41) is 10.5. The van der Waals surface area contributed by atoms with Crippen LogP contribution < -0.4 is 0 Å². The van der Waals surface area contributed by atoms with Crippen LogP contribution in [0.2, 0.25) is 0 Å². The second kappa shape index (κ2) is 17.3. The van der Waals surface area contributed by atoms with Crippen molar-refractivity contribution in [2.75, 3.05) is 0 Å². The van der Waals surface area contributed by atoms with Crippen LogP contribution in [0.15, 0.2) is 48.1 Å². The van der Waals surface area contributed by atoms with Gasteiger partial charge < -0.3 is 19.3 Å². The van der Waals surface area contributed by atoms with E-state index in [-0.39, 0.29) is 55.0 Å². The summed E-state index contributed by atoms with van der Waals surface area (Å²) < 4.78 is 18.6. The fourth-order valence-corrected chi connectivity index (χ4v) is 5.24. The van der Waals surface area contributed by atoms with Gasteiger partial charge in [-0.05, 0) is 63.9 Å². The van der Waals surface area contributed by atoms with Gasteiger partial charge in [0.25, 0.3) is 0 Å². The van der Waals surface area contributed by atoms with E-state index in [1.54, 1.807) is 0 Å². The zero-order valence-electron chi connectivity index (χ0n) is 23.4. The zero-order chi connectivity index (χ0) is 27.9. The van der Waals surface area contributed by atoms with Crippen LogP contribution in [0.3, 0.4) is 0 Å². The molecule has 4 bridgehead atoms.